The average molecular weight is 248 g/mol. The van der Waals surface area contributed by atoms with Crippen LogP contribution in [0, 0.1) is 23.6 Å². The summed E-state index contributed by atoms with van der Waals surface area (Å²) in [5.41, 5.74) is 6.96. The average Bonchev–Trinajstić information content (AvgIpc) is 2.88. The van der Waals surface area contributed by atoms with Crippen LogP contribution in [0.1, 0.15) is 32.6 Å². The zero-order valence-electron chi connectivity index (χ0n) is 10.8. The Morgan fingerprint density at radius 1 is 1.28 bits per heavy atom. The predicted molar refractivity (Wildman–Crippen MR) is 72.8 cm³/mol. The summed E-state index contributed by atoms with van der Waals surface area (Å²) in [6.07, 6.45) is 5.54. The molecule has 1 aromatic carbocycles. The van der Waals surface area contributed by atoms with Gasteiger partial charge in [-0.15, -0.1) is 0 Å². The molecule has 2 bridgehead atoms. The lowest BCUT2D eigenvalue weighted by atomic mass is 9.84. The van der Waals surface area contributed by atoms with Crippen molar-refractivity contribution in [2.45, 2.75) is 38.6 Å². The standard InChI is InChI=1S/C15H21FN2/c1-9(15-5-10-2-3-11(15)4-10)18-14-7-12(16)6-13(17)8-14/h6-11,15,18H,2-5,17H2,1H3. The Bertz CT molecular complexity index is 426. The molecule has 1 aromatic rings. The van der Waals surface area contributed by atoms with E-state index in [1.165, 1.54) is 37.8 Å². The van der Waals surface area contributed by atoms with E-state index in [0.29, 0.717) is 11.7 Å². The summed E-state index contributed by atoms with van der Waals surface area (Å²) in [6.45, 7) is 2.21. The van der Waals surface area contributed by atoms with Crippen molar-refractivity contribution in [1.29, 1.82) is 0 Å². The molecule has 3 heteroatoms. The van der Waals surface area contributed by atoms with Gasteiger partial charge in [0.25, 0.3) is 0 Å². The van der Waals surface area contributed by atoms with Crippen LogP contribution in [0.2, 0.25) is 0 Å². The van der Waals surface area contributed by atoms with Gasteiger partial charge in [0.1, 0.15) is 5.82 Å². The third-order valence-electron chi connectivity index (χ3n) is 4.75. The molecule has 4 unspecified atom stereocenters. The molecule has 0 amide bonds. The van der Waals surface area contributed by atoms with Gasteiger partial charge in [0, 0.05) is 17.4 Å². The maximum atomic E-state index is 13.3. The van der Waals surface area contributed by atoms with Gasteiger partial charge < -0.3 is 11.1 Å². The fourth-order valence-electron chi connectivity index (χ4n) is 3.97. The minimum absolute atomic E-state index is 0.266. The van der Waals surface area contributed by atoms with Crippen molar-refractivity contribution in [2.75, 3.05) is 11.1 Å². The molecule has 0 spiro atoms. The fourth-order valence-corrected chi connectivity index (χ4v) is 3.97. The number of nitrogen functional groups attached to an aromatic ring is 1. The van der Waals surface area contributed by atoms with Gasteiger partial charge in [-0.05, 0) is 62.1 Å². The summed E-state index contributed by atoms with van der Waals surface area (Å²) in [5.74, 6) is 2.30. The van der Waals surface area contributed by atoms with E-state index in [-0.39, 0.29) is 5.82 Å². The van der Waals surface area contributed by atoms with Crippen molar-refractivity contribution in [1.82, 2.24) is 0 Å². The summed E-state index contributed by atoms with van der Waals surface area (Å²) in [4.78, 5) is 0. The molecule has 0 aliphatic heterocycles. The Balaban J connectivity index is 1.68. The molecular weight excluding hydrogens is 227 g/mol. The Morgan fingerprint density at radius 3 is 2.72 bits per heavy atom. The molecule has 0 aromatic heterocycles. The molecule has 0 saturated heterocycles. The van der Waals surface area contributed by atoms with E-state index >= 15 is 0 Å². The second-order valence-electron chi connectivity index (χ2n) is 6.04. The molecule has 18 heavy (non-hydrogen) atoms. The highest BCUT2D eigenvalue weighted by Gasteiger charge is 2.41. The first-order valence-electron chi connectivity index (χ1n) is 6.94. The highest BCUT2D eigenvalue weighted by molar-refractivity contribution is 5.55. The molecule has 2 fully saturated rings. The molecule has 2 aliphatic rings. The van der Waals surface area contributed by atoms with Crippen LogP contribution in [0.4, 0.5) is 15.8 Å². The van der Waals surface area contributed by atoms with Gasteiger partial charge in [-0.1, -0.05) is 6.42 Å². The number of fused-ring (bicyclic) bond motifs is 2. The lowest BCUT2D eigenvalue weighted by molar-refractivity contribution is 0.304. The summed E-state index contributed by atoms with van der Waals surface area (Å²) in [6, 6.07) is 5.10. The van der Waals surface area contributed by atoms with Crippen LogP contribution >= 0.6 is 0 Å². The van der Waals surface area contributed by atoms with E-state index in [1.54, 1.807) is 0 Å². The largest absolute Gasteiger partial charge is 0.399 e. The van der Waals surface area contributed by atoms with Crippen molar-refractivity contribution in [2.24, 2.45) is 17.8 Å². The van der Waals surface area contributed by atoms with Crippen molar-refractivity contribution in [3.63, 3.8) is 0 Å². The second kappa shape index (κ2) is 4.45. The number of halogens is 1. The van der Waals surface area contributed by atoms with Crippen LogP contribution in [0.25, 0.3) is 0 Å². The van der Waals surface area contributed by atoms with E-state index in [4.69, 9.17) is 5.73 Å². The lowest BCUT2D eigenvalue weighted by Gasteiger charge is -2.29. The van der Waals surface area contributed by atoms with Crippen LogP contribution in [0.3, 0.4) is 0 Å². The number of nitrogens with one attached hydrogen (secondary N) is 1. The summed E-state index contributed by atoms with van der Waals surface area (Å²) in [7, 11) is 0. The van der Waals surface area contributed by atoms with Gasteiger partial charge >= 0.3 is 0 Å². The van der Waals surface area contributed by atoms with E-state index in [1.807, 2.05) is 6.07 Å². The van der Waals surface area contributed by atoms with Crippen LogP contribution in [-0.2, 0) is 0 Å². The van der Waals surface area contributed by atoms with Crippen molar-refractivity contribution < 1.29 is 4.39 Å². The molecule has 2 saturated carbocycles. The maximum Gasteiger partial charge on any atom is 0.127 e. The van der Waals surface area contributed by atoms with E-state index in [2.05, 4.69) is 12.2 Å². The molecule has 3 N–H and O–H groups in total. The summed E-state index contributed by atoms with van der Waals surface area (Å²) >= 11 is 0. The van der Waals surface area contributed by atoms with Gasteiger partial charge in [-0.25, -0.2) is 4.39 Å². The Morgan fingerprint density at radius 2 is 2.11 bits per heavy atom. The Labute approximate surface area is 108 Å². The topological polar surface area (TPSA) is 38.0 Å². The highest BCUT2D eigenvalue weighted by atomic mass is 19.1. The molecule has 4 atom stereocenters. The quantitative estimate of drug-likeness (QED) is 0.801. The summed E-state index contributed by atoms with van der Waals surface area (Å²) < 4.78 is 13.3. The number of benzene rings is 1. The third kappa shape index (κ3) is 2.18. The Hall–Kier alpha value is -1.25. The predicted octanol–water partition coefficient (Wildman–Crippen LogP) is 3.64. The van der Waals surface area contributed by atoms with Gasteiger partial charge in [0.2, 0.25) is 0 Å². The smallest absolute Gasteiger partial charge is 0.127 e. The lowest BCUT2D eigenvalue weighted by Crippen LogP contribution is -2.29. The maximum absolute atomic E-state index is 13.3. The van der Waals surface area contributed by atoms with Crippen molar-refractivity contribution >= 4 is 11.4 Å². The van der Waals surface area contributed by atoms with Crippen LogP contribution in [-0.4, -0.2) is 6.04 Å². The van der Waals surface area contributed by atoms with E-state index in [0.717, 1.165) is 23.4 Å². The van der Waals surface area contributed by atoms with E-state index in [9.17, 15) is 4.39 Å². The Kier molecular flexibility index (Phi) is 2.92. The fraction of sp³-hybridized carbons (Fsp3) is 0.600. The van der Waals surface area contributed by atoms with Crippen LogP contribution in [0.15, 0.2) is 18.2 Å². The van der Waals surface area contributed by atoms with Gasteiger partial charge in [0.15, 0.2) is 0 Å². The minimum Gasteiger partial charge on any atom is -0.399 e. The zero-order valence-corrected chi connectivity index (χ0v) is 10.8. The first-order valence-corrected chi connectivity index (χ1v) is 6.94. The van der Waals surface area contributed by atoms with Gasteiger partial charge in [0.05, 0.1) is 0 Å². The molecule has 3 rings (SSSR count). The van der Waals surface area contributed by atoms with Gasteiger partial charge in [-0.2, -0.15) is 0 Å². The molecule has 2 nitrogen and oxygen atoms in total. The highest BCUT2D eigenvalue weighted by Crippen LogP contribution is 2.49. The van der Waals surface area contributed by atoms with Crippen molar-refractivity contribution in [3.05, 3.63) is 24.0 Å². The minimum atomic E-state index is -0.266. The van der Waals surface area contributed by atoms with Crippen LogP contribution < -0.4 is 11.1 Å². The first-order chi connectivity index (χ1) is 8.61. The molecule has 98 valence electrons. The van der Waals surface area contributed by atoms with E-state index < -0.39 is 0 Å². The number of hydrogen-bond donors (Lipinski definition) is 2. The summed E-state index contributed by atoms with van der Waals surface area (Å²) in [5, 5.41) is 3.43. The normalized spacial score (nSPS) is 31.6. The number of hydrogen-bond acceptors (Lipinski definition) is 2. The van der Waals surface area contributed by atoms with Crippen molar-refractivity contribution in [3.8, 4) is 0 Å². The SMILES string of the molecule is CC(Nc1cc(N)cc(F)c1)C1CC2CCC1C2. The van der Waals surface area contributed by atoms with Crippen LogP contribution in [0.5, 0.6) is 0 Å². The number of nitrogens with two attached hydrogens (primary N) is 1. The third-order valence-corrected chi connectivity index (χ3v) is 4.75. The monoisotopic (exact) mass is 248 g/mol. The molecular formula is C15H21FN2. The van der Waals surface area contributed by atoms with Gasteiger partial charge in [-0.3, -0.25) is 0 Å². The number of anilines is 2. The second-order valence-corrected chi connectivity index (χ2v) is 6.04. The first kappa shape index (κ1) is 11.8. The zero-order chi connectivity index (χ0) is 12.7. The molecule has 0 radical (unpaired) electrons. The molecule has 2 aliphatic carbocycles. The molecule has 0 heterocycles. The number of rotatable bonds is 3.